The second-order valence-corrected chi connectivity index (χ2v) is 7.00. The Labute approximate surface area is 153 Å². The summed E-state index contributed by atoms with van der Waals surface area (Å²) in [6.07, 6.45) is 1.49. The summed E-state index contributed by atoms with van der Waals surface area (Å²) in [5, 5.41) is 10.3. The molecule has 0 aromatic carbocycles. The number of carbonyl (C=O) groups excluding carboxylic acids is 1. The molecule has 0 saturated heterocycles. The second kappa shape index (κ2) is 6.93. The van der Waals surface area contributed by atoms with Gasteiger partial charge in [0, 0.05) is 6.20 Å². The fourth-order valence-corrected chi connectivity index (χ4v) is 3.25. The number of hydrogen-bond acceptors (Lipinski definition) is 4. The molecule has 0 bridgehead atoms. The van der Waals surface area contributed by atoms with Gasteiger partial charge in [0.15, 0.2) is 0 Å². The largest absolute Gasteiger partial charge is 0.306 e. The topological polar surface area (TPSA) is 59.8 Å². The predicted octanol–water partition coefficient (Wildman–Crippen LogP) is 4.56. The Balaban J connectivity index is 1.71. The highest BCUT2D eigenvalue weighted by molar-refractivity contribution is 7.12. The molecule has 0 aliphatic rings. The fourth-order valence-electron chi connectivity index (χ4n) is 2.21. The number of thiophene rings is 1. The molecule has 24 heavy (non-hydrogen) atoms. The maximum Gasteiger partial charge on any atom is 0.266 e. The first-order valence-electron chi connectivity index (χ1n) is 7.14. The van der Waals surface area contributed by atoms with E-state index in [1.807, 2.05) is 30.0 Å². The maximum absolute atomic E-state index is 12.3. The van der Waals surface area contributed by atoms with Gasteiger partial charge in [-0.3, -0.25) is 9.48 Å². The number of nitrogens with one attached hydrogen (secondary N) is 1. The van der Waals surface area contributed by atoms with Crippen molar-refractivity contribution in [1.29, 1.82) is 0 Å². The summed E-state index contributed by atoms with van der Waals surface area (Å²) in [7, 11) is 0. The molecular formula is C16H14Cl2N4OS. The predicted molar refractivity (Wildman–Crippen MR) is 97.3 cm³/mol. The molecule has 124 valence electrons. The quantitative estimate of drug-likeness (QED) is 0.721. The van der Waals surface area contributed by atoms with E-state index in [0.29, 0.717) is 27.3 Å². The van der Waals surface area contributed by atoms with Crippen molar-refractivity contribution >= 4 is 46.3 Å². The molecule has 1 amide bonds. The highest BCUT2D eigenvalue weighted by Crippen LogP contribution is 2.22. The number of amides is 1. The number of nitrogens with zero attached hydrogens (tertiary/aromatic N) is 3. The summed E-state index contributed by atoms with van der Waals surface area (Å²) < 4.78 is 1.84. The molecule has 0 fully saturated rings. The van der Waals surface area contributed by atoms with Crippen LogP contribution in [0.1, 0.15) is 26.6 Å². The van der Waals surface area contributed by atoms with Gasteiger partial charge in [-0.25, -0.2) is 4.98 Å². The Morgan fingerprint density at radius 3 is 2.75 bits per heavy atom. The van der Waals surface area contributed by atoms with Crippen molar-refractivity contribution in [3.63, 3.8) is 0 Å². The number of aryl methyl sites for hydroxylation is 1. The first-order chi connectivity index (χ1) is 11.4. The lowest BCUT2D eigenvalue weighted by atomic mass is 10.3. The summed E-state index contributed by atoms with van der Waals surface area (Å²) >= 11 is 13.3. The third-order valence-corrected chi connectivity index (χ3v) is 5.22. The lowest BCUT2D eigenvalue weighted by molar-refractivity contribution is 0.103. The van der Waals surface area contributed by atoms with Crippen LogP contribution in [0.2, 0.25) is 10.0 Å². The van der Waals surface area contributed by atoms with E-state index in [1.165, 1.54) is 17.5 Å². The van der Waals surface area contributed by atoms with Crippen molar-refractivity contribution in [2.24, 2.45) is 0 Å². The van der Waals surface area contributed by atoms with Gasteiger partial charge < -0.3 is 5.32 Å². The summed E-state index contributed by atoms with van der Waals surface area (Å²) in [4.78, 5) is 16.9. The zero-order valence-electron chi connectivity index (χ0n) is 13.0. The lowest BCUT2D eigenvalue weighted by Crippen LogP contribution is -2.11. The zero-order chi connectivity index (χ0) is 17.3. The van der Waals surface area contributed by atoms with Gasteiger partial charge in [-0.05, 0) is 43.0 Å². The van der Waals surface area contributed by atoms with E-state index < -0.39 is 0 Å². The molecule has 8 heteroatoms. The third-order valence-electron chi connectivity index (χ3n) is 3.47. The zero-order valence-corrected chi connectivity index (χ0v) is 15.3. The molecular weight excluding hydrogens is 367 g/mol. The molecule has 0 spiro atoms. The summed E-state index contributed by atoms with van der Waals surface area (Å²) in [5.41, 5.74) is 2.71. The van der Waals surface area contributed by atoms with Crippen molar-refractivity contribution in [3.8, 4) is 0 Å². The van der Waals surface area contributed by atoms with E-state index in [2.05, 4.69) is 15.4 Å². The summed E-state index contributed by atoms with van der Waals surface area (Å²) in [6, 6.07) is 5.18. The Kier molecular flexibility index (Phi) is 4.89. The molecule has 0 saturated carbocycles. The normalized spacial score (nSPS) is 10.8. The van der Waals surface area contributed by atoms with E-state index >= 15 is 0 Å². The molecule has 3 rings (SSSR count). The van der Waals surface area contributed by atoms with Gasteiger partial charge in [-0.15, -0.1) is 11.3 Å². The average molecular weight is 381 g/mol. The van der Waals surface area contributed by atoms with Crippen LogP contribution in [0.25, 0.3) is 0 Å². The number of carbonyl (C=O) groups is 1. The standard InChI is InChI=1S/C16H14Cl2N4OS/c1-9-15(18)10(2)22(21-9)7-11-5-13(24-8-11)16(23)20-14-4-3-12(17)6-19-14/h3-6,8H,7H2,1-2H3,(H,19,20,23). The van der Waals surface area contributed by atoms with Crippen LogP contribution < -0.4 is 5.32 Å². The number of aromatic nitrogens is 3. The van der Waals surface area contributed by atoms with Crippen LogP contribution in [0.5, 0.6) is 0 Å². The molecule has 3 aromatic rings. The Hall–Kier alpha value is -1.89. The van der Waals surface area contributed by atoms with Crippen LogP contribution in [0.4, 0.5) is 5.82 Å². The monoisotopic (exact) mass is 380 g/mol. The van der Waals surface area contributed by atoms with Crippen LogP contribution >= 0.6 is 34.5 Å². The third kappa shape index (κ3) is 3.61. The van der Waals surface area contributed by atoms with Gasteiger partial charge in [0.2, 0.25) is 0 Å². The summed E-state index contributed by atoms with van der Waals surface area (Å²) in [6.45, 7) is 4.37. The Morgan fingerprint density at radius 1 is 1.33 bits per heavy atom. The Morgan fingerprint density at radius 2 is 2.12 bits per heavy atom. The van der Waals surface area contributed by atoms with Crippen molar-refractivity contribution < 1.29 is 4.79 Å². The van der Waals surface area contributed by atoms with Crippen LogP contribution in [0.3, 0.4) is 0 Å². The molecule has 3 aromatic heterocycles. The Bertz CT molecular complexity index is 886. The SMILES string of the molecule is Cc1nn(Cc2csc(C(=O)Nc3ccc(Cl)cn3)c2)c(C)c1Cl. The lowest BCUT2D eigenvalue weighted by Gasteiger charge is -2.03. The van der Waals surface area contributed by atoms with Gasteiger partial charge >= 0.3 is 0 Å². The minimum absolute atomic E-state index is 0.201. The van der Waals surface area contributed by atoms with E-state index in [4.69, 9.17) is 23.2 Å². The van der Waals surface area contributed by atoms with Crippen LogP contribution in [0.15, 0.2) is 29.8 Å². The van der Waals surface area contributed by atoms with E-state index in [9.17, 15) is 4.79 Å². The van der Waals surface area contributed by atoms with E-state index in [0.717, 1.165) is 17.0 Å². The number of pyridine rings is 1. The molecule has 0 aliphatic heterocycles. The van der Waals surface area contributed by atoms with Gasteiger partial charge in [-0.1, -0.05) is 23.2 Å². The van der Waals surface area contributed by atoms with Crippen molar-refractivity contribution in [1.82, 2.24) is 14.8 Å². The number of halogens is 2. The minimum Gasteiger partial charge on any atom is -0.306 e. The van der Waals surface area contributed by atoms with Gasteiger partial charge in [0.05, 0.1) is 32.9 Å². The van der Waals surface area contributed by atoms with Crippen LogP contribution in [-0.4, -0.2) is 20.7 Å². The minimum atomic E-state index is -0.201. The molecule has 3 heterocycles. The molecule has 0 atom stereocenters. The number of anilines is 1. The number of rotatable bonds is 4. The molecule has 0 unspecified atom stereocenters. The van der Waals surface area contributed by atoms with Gasteiger partial charge in [0.1, 0.15) is 5.82 Å². The van der Waals surface area contributed by atoms with E-state index in [-0.39, 0.29) is 5.91 Å². The molecule has 1 N–H and O–H groups in total. The number of hydrogen-bond donors (Lipinski definition) is 1. The highest BCUT2D eigenvalue weighted by atomic mass is 35.5. The average Bonchev–Trinajstić information content (AvgIpc) is 3.11. The van der Waals surface area contributed by atoms with Crippen molar-refractivity contribution in [2.45, 2.75) is 20.4 Å². The second-order valence-electron chi connectivity index (χ2n) is 5.28. The molecule has 0 radical (unpaired) electrons. The first-order valence-corrected chi connectivity index (χ1v) is 8.77. The maximum atomic E-state index is 12.3. The van der Waals surface area contributed by atoms with Gasteiger partial charge in [-0.2, -0.15) is 5.10 Å². The first kappa shape index (κ1) is 17.0. The molecule has 0 aliphatic carbocycles. The molecule has 5 nitrogen and oxygen atoms in total. The van der Waals surface area contributed by atoms with Gasteiger partial charge in [0.25, 0.3) is 5.91 Å². The highest BCUT2D eigenvalue weighted by Gasteiger charge is 2.13. The van der Waals surface area contributed by atoms with Crippen LogP contribution in [-0.2, 0) is 6.54 Å². The van der Waals surface area contributed by atoms with Crippen molar-refractivity contribution in [3.05, 3.63) is 61.6 Å². The smallest absolute Gasteiger partial charge is 0.266 e. The van der Waals surface area contributed by atoms with Crippen LogP contribution in [0, 0.1) is 13.8 Å². The summed E-state index contributed by atoms with van der Waals surface area (Å²) in [5.74, 6) is 0.261. The fraction of sp³-hybridized carbons (Fsp3) is 0.188. The van der Waals surface area contributed by atoms with Crippen molar-refractivity contribution in [2.75, 3.05) is 5.32 Å². The van der Waals surface area contributed by atoms with E-state index in [1.54, 1.807) is 12.1 Å².